The predicted octanol–water partition coefficient (Wildman–Crippen LogP) is 3.34. The third kappa shape index (κ3) is 6.46. The van der Waals surface area contributed by atoms with Gasteiger partial charge in [-0.05, 0) is 18.6 Å². The number of benzene rings is 1. The van der Waals surface area contributed by atoms with E-state index in [0.717, 1.165) is 6.07 Å². The van der Waals surface area contributed by atoms with Crippen molar-refractivity contribution in [2.24, 2.45) is 0 Å². The van der Waals surface area contributed by atoms with Crippen LogP contribution in [-0.4, -0.2) is 46.6 Å². The molecule has 0 spiro atoms. The van der Waals surface area contributed by atoms with Gasteiger partial charge in [0.05, 0.1) is 18.1 Å². The molecular weight excluding hydrogens is 425 g/mol. The molecule has 1 aliphatic rings. The molecule has 0 aliphatic carbocycles. The molecule has 0 bridgehead atoms. The number of likely N-dealkylation sites (tertiary alicyclic amines) is 1. The van der Waals surface area contributed by atoms with Crippen LogP contribution in [-0.2, 0) is 17.8 Å². The summed E-state index contributed by atoms with van der Waals surface area (Å²) in [6.07, 6.45) is 0.487. The van der Waals surface area contributed by atoms with E-state index >= 15 is 0 Å². The summed E-state index contributed by atoms with van der Waals surface area (Å²) in [7, 11) is 0. The van der Waals surface area contributed by atoms with E-state index in [-0.39, 0.29) is 49.3 Å². The lowest BCUT2D eigenvalue weighted by molar-refractivity contribution is -0.122. The molecule has 7 nitrogen and oxygen atoms in total. The number of aryl methyl sites for hydroxylation is 1. The Hall–Kier alpha value is -2.59. The summed E-state index contributed by atoms with van der Waals surface area (Å²) in [5, 5.41) is 10.3. The van der Waals surface area contributed by atoms with Gasteiger partial charge in [-0.1, -0.05) is 18.2 Å². The highest BCUT2D eigenvalue weighted by molar-refractivity contribution is 6.30. The molecule has 0 radical (unpaired) electrons. The highest BCUT2D eigenvalue weighted by Crippen LogP contribution is 2.27. The molecule has 2 heterocycles. The zero-order valence-corrected chi connectivity index (χ0v) is 16.7. The number of amides is 1. The predicted molar refractivity (Wildman–Crippen MR) is 102 cm³/mol. The van der Waals surface area contributed by atoms with Gasteiger partial charge in [0.15, 0.2) is 6.61 Å². The van der Waals surface area contributed by atoms with Gasteiger partial charge in [0, 0.05) is 31.1 Å². The number of aromatic nitrogens is 2. The summed E-state index contributed by atoms with van der Waals surface area (Å²) in [6.45, 7) is 3.55. The third-order valence-electron chi connectivity index (χ3n) is 4.33. The minimum atomic E-state index is -2.68. The fourth-order valence-corrected chi connectivity index (χ4v) is 2.97. The molecule has 0 saturated carbocycles. The molecule has 162 valence electrons. The minimum Gasteiger partial charge on any atom is -0.484 e. The van der Waals surface area contributed by atoms with Crippen molar-refractivity contribution in [3.05, 3.63) is 53.1 Å². The van der Waals surface area contributed by atoms with Crippen LogP contribution < -0.4 is 10.1 Å². The Labute approximate surface area is 175 Å². The Morgan fingerprint density at radius 2 is 2.13 bits per heavy atom. The molecule has 1 fully saturated rings. The molecule has 0 atom stereocenters. The van der Waals surface area contributed by atoms with Gasteiger partial charge in [-0.15, -0.1) is 10.2 Å². The summed E-state index contributed by atoms with van der Waals surface area (Å²) in [4.78, 5) is 13.5. The average Bonchev–Trinajstić information content (AvgIpc) is 3.27. The number of carbonyl (C=O) groups is 1. The Kier molecular flexibility index (Phi) is 6.99. The summed E-state index contributed by atoms with van der Waals surface area (Å²) < 4.78 is 50.4. The van der Waals surface area contributed by atoms with Crippen molar-refractivity contribution in [3.8, 4) is 5.75 Å². The Bertz CT molecular complexity index is 922. The van der Waals surface area contributed by atoms with Crippen LogP contribution in [0.5, 0.6) is 5.75 Å². The fraction of sp³-hybridized carbons (Fsp3) is 0.421. The van der Waals surface area contributed by atoms with Crippen LogP contribution in [0.3, 0.4) is 0 Å². The maximum atomic E-state index is 13.3. The van der Waals surface area contributed by atoms with Crippen molar-refractivity contribution in [1.29, 1.82) is 0 Å². The van der Waals surface area contributed by atoms with Gasteiger partial charge >= 0.3 is 0 Å². The van der Waals surface area contributed by atoms with Crippen molar-refractivity contribution in [1.82, 2.24) is 20.4 Å². The van der Waals surface area contributed by atoms with E-state index in [1.54, 1.807) is 4.90 Å². The van der Waals surface area contributed by atoms with Gasteiger partial charge in [0.2, 0.25) is 11.8 Å². The van der Waals surface area contributed by atoms with Crippen LogP contribution in [0.1, 0.15) is 24.6 Å². The van der Waals surface area contributed by atoms with Crippen LogP contribution in [0.25, 0.3) is 0 Å². The second-order valence-corrected chi connectivity index (χ2v) is 7.33. The number of nitrogens with zero attached hydrogens (tertiary/aromatic N) is 3. The number of rotatable bonds is 9. The largest absolute Gasteiger partial charge is 0.484 e. The van der Waals surface area contributed by atoms with E-state index in [4.69, 9.17) is 20.8 Å². The van der Waals surface area contributed by atoms with E-state index < -0.39 is 17.6 Å². The van der Waals surface area contributed by atoms with Crippen molar-refractivity contribution in [2.45, 2.75) is 31.7 Å². The van der Waals surface area contributed by atoms with Gasteiger partial charge in [0.25, 0.3) is 11.8 Å². The molecule has 1 aromatic carbocycles. The monoisotopic (exact) mass is 444 g/mol. The third-order valence-corrected chi connectivity index (χ3v) is 4.64. The maximum absolute atomic E-state index is 13.3. The molecule has 1 saturated heterocycles. The number of hydrogen-bond acceptors (Lipinski definition) is 6. The quantitative estimate of drug-likeness (QED) is 0.639. The lowest BCUT2D eigenvalue weighted by Crippen LogP contribution is -2.28. The Balaban J connectivity index is 1.37. The second-order valence-electron chi connectivity index (χ2n) is 6.92. The summed E-state index contributed by atoms with van der Waals surface area (Å²) in [5.41, 5.74) is 0.407. The van der Waals surface area contributed by atoms with E-state index in [9.17, 15) is 18.0 Å². The van der Waals surface area contributed by atoms with Gasteiger partial charge in [-0.2, -0.15) is 0 Å². The van der Waals surface area contributed by atoms with Gasteiger partial charge < -0.3 is 14.5 Å². The minimum absolute atomic E-state index is 0.0391. The van der Waals surface area contributed by atoms with E-state index in [2.05, 4.69) is 22.1 Å². The molecule has 11 heteroatoms. The smallest absolute Gasteiger partial charge is 0.262 e. The first kappa shape index (κ1) is 22.1. The Morgan fingerprint density at radius 3 is 2.83 bits per heavy atom. The number of allylic oxidation sites excluding steroid dienone is 1. The summed E-state index contributed by atoms with van der Waals surface area (Å²) in [6, 6.07) is 3.86. The highest BCUT2D eigenvalue weighted by atomic mass is 35.5. The van der Waals surface area contributed by atoms with E-state index in [0.29, 0.717) is 24.4 Å². The average molecular weight is 445 g/mol. The molecule has 1 N–H and O–H groups in total. The first-order chi connectivity index (χ1) is 14.2. The number of nitrogens with one attached hydrogen (secondary N) is 1. The van der Waals surface area contributed by atoms with Crippen LogP contribution >= 0.6 is 11.6 Å². The van der Waals surface area contributed by atoms with Crippen molar-refractivity contribution < 1.29 is 27.1 Å². The molecule has 3 rings (SSSR count). The molecule has 1 aromatic heterocycles. The summed E-state index contributed by atoms with van der Waals surface area (Å²) >= 11 is 5.58. The zero-order chi connectivity index (χ0) is 21.7. The zero-order valence-electron chi connectivity index (χ0n) is 16.0. The second kappa shape index (κ2) is 9.48. The SMILES string of the molecule is C=C(CCc1nnc(CN2CCC(F)(F)C2)o1)NC(=O)COc1ccc(Cl)c(F)c1. The molecule has 0 unspecified atom stereocenters. The molecule has 30 heavy (non-hydrogen) atoms. The van der Waals surface area contributed by atoms with Crippen molar-refractivity contribution >= 4 is 17.5 Å². The van der Waals surface area contributed by atoms with Crippen molar-refractivity contribution in [2.75, 3.05) is 19.7 Å². The highest BCUT2D eigenvalue weighted by Gasteiger charge is 2.38. The number of ether oxygens (including phenoxy) is 1. The number of alkyl halides is 2. The first-order valence-electron chi connectivity index (χ1n) is 9.17. The topological polar surface area (TPSA) is 80.5 Å². The van der Waals surface area contributed by atoms with Crippen LogP contribution in [0.4, 0.5) is 13.2 Å². The van der Waals surface area contributed by atoms with Crippen LogP contribution in [0.2, 0.25) is 5.02 Å². The van der Waals surface area contributed by atoms with Crippen LogP contribution in [0.15, 0.2) is 34.9 Å². The molecule has 1 amide bonds. The van der Waals surface area contributed by atoms with Gasteiger partial charge in [-0.3, -0.25) is 9.69 Å². The fourth-order valence-electron chi connectivity index (χ4n) is 2.86. The van der Waals surface area contributed by atoms with Crippen LogP contribution in [0, 0.1) is 5.82 Å². The molecule has 2 aromatic rings. The molecular formula is C19H20ClF3N4O3. The van der Waals surface area contributed by atoms with Gasteiger partial charge in [-0.25, -0.2) is 13.2 Å². The van der Waals surface area contributed by atoms with Crippen molar-refractivity contribution in [3.63, 3.8) is 0 Å². The van der Waals surface area contributed by atoms with Gasteiger partial charge in [0.1, 0.15) is 11.6 Å². The summed E-state index contributed by atoms with van der Waals surface area (Å²) in [5.74, 6) is -3.02. The van der Waals surface area contributed by atoms with E-state index in [1.165, 1.54) is 12.1 Å². The maximum Gasteiger partial charge on any atom is 0.262 e. The number of halogens is 4. The first-order valence-corrected chi connectivity index (χ1v) is 9.55. The number of carbonyl (C=O) groups excluding carboxylic acids is 1. The lowest BCUT2D eigenvalue weighted by Gasteiger charge is -2.12. The lowest BCUT2D eigenvalue weighted by atomic mass is 10.2. The standard InChI is InChI=1S/C19H20ClF3N4O3/c1-12(24-16(28)10-29-13-3-4-14(20)15(21)8-13)2-5-17-25-26-18(30-17)9-27-7-6-19(22,23)11-27/h3-4,8H,1-2,5-7,9-11H2,(H,24,28). The van der Waals surface area contributed by atoms with E-state index in [1.807, 2.05) is 0 Å². The molecule has 1 aliphatic heterocycles. The number of hydrogen-bond donors (Lipinski definition) is 1. The Morgan fingerprint density at radius 1 is 1.37 bits per heavy atom. The normalized spacial score (nSPS) is 15.9.